The Kier molecular flexibility index (Phi) is 2.57. The first-order valence-corrected chi connectivity index (χ1v) is 6.70. The third-order valence-electron chi connectivity index (χ3n) is 3.53. The van der Waals surface area contributed by atoms with Crippen molar-refractivity contribution in [1.82, 2.24) is 4.98 Å². The van der Waals surface area contributed by atoms with E-state index in [-0.39, 0.29) is 5.63 Å². The SMILES string of the molecule is O=c1oc(-c2ccc3ccccc3c2)nc2ccccc12. The molecule has 3 aromatic carbocycles. The van der Waals surface area contributed by atoms with Crippen molar-refractivity contribution in [2.75, 3.05) is 0 Å². The molecule has 0 unspecified atom stereocenters. The van der Waals surface area contributed by atoms with E-state index in [2.05, 4.69) is 4.98 Å². The molecule has 21 heavy (non-hydrogen) atoms. The van der Waals surface area contributed by atoms with Gasteiger partial charge in [-0.25, -0.2) is 9.78 Å². The first-order chi connectivity index (χ1) is 10.3. The highest BCUT2D eigenvalue weighted by molar-refractivity contribution is 5.86. The van der Waals surface area contributed by atoms with Crippen LogP contribution in [-0.4, -0.2) is 4.98 Å². The molecular weight excluding hydrogens is 262 g/mol. The van der Waals surface area contributed by atoms with Crippen molar-refractivity contribution in [3.63, 3.8) is 0 Å². The lowest BCUT2D eigenvalue weighted by atomic mass is 10.1. The molecule has 0 saturated carbocycles. The second-order valence-electron chi connectivity index (χ2n) is 4.89. The molecule has 3 heteroatoms. The fourth-order valence-corrected chi connectivity index (χ4v) is 2.46. The Morgan fingerprint density at radius 1 is 0.810 bits per heavy atom. The molecule has 3 nitrogen and oxygen atoms in total. The Bertz CT molecular complexity index is 1020. The molecule has 1 heterocycles. The fraction of sp³-hybridized carbons (Fsp3) is 0. The fourth-order valence-electron chi connectivity index (χ4n) is 2.46. The van der Waals surface area contributed by atoms with Crippen molar-refractivity contribution >= 4 is 21.7 Å². The monoisotopic (exact) mass is 273 g/mol. The molecule has 0 amide bonds. The molecule has 0 radical (unpaired) electrons. The van der Waals surface area contributed by atoms with Gasteiger partial charge in [-0.05, 0) is 35.0 Å². The van der Waals surface area contributed by atoms with E-state index in [4.69, 9.17) is 4.42 Å². The summed E-state index contributed by atoms with van der Waals surface area (Å²) in [5.41, 5.74) is 1.09. The highest BCUT2D eigenvalue weighted by atomic mass is 16.4. The lowest BCUT2D eigenvalue weighted by molar-refractivity contribution is 0.518. The number of fused-ring (bicyclic) bond motifs is 2. The Morgan fingerprint density at radius 3 is 2.48 bits per heavy atom. The molecular formula is C18H11NO2. The van der Waals surface area contributed by atoms with E-state index in [1.165, 1.54) is 0 Å². The topological polar surface area (TPSA) is 43.1 Å². The van der Waals surface area contributed by atoms with E-state index in [0.29, 0.717) is 16.8 Å². The highest BCUT2D eigenvalue weighted by Gasteiger charge is 2.08. The van der Waals surface area contributed by atoms with Crippen molar-refractivity contribution in [1.29, 1.82) is 0 Å². The smallest absolute Gasteiger partial charge is 0.347 e. The summed E-state index contributed by atoms with van der Waals surface area (Å²) in [4.78, 5) is 16.5. The number of hydrogen-bond donors (Lipinski definition) is 0. The largest absolute Gasteiger partial charge is 0.403 e. The molecule has 0 bridgehead atoms. The van der Waals surface area contributed by atoms with Crippen molar-refractivity contribution in [3.05, 3.63) is 77.2 Å². The quantitative estimate of drug-likeness (QED) is 0.526. The maximum Gasteiger partial charge on any atom is 0.347 e. The molecule has 0 N–H and O–H groups in total. The van der Waals surface area contributed by atoms with Crippen LogP contribution in [0.4, 0.5) is 0 Å². The Balaban J connectivity index is 1.97. The normalized spacial score (nSPS) is 11.0. The van der Waals surface area contributed by atoms with Gasteiger partial charge in [0.25, 0.3) is 0 Å². The van der Waals surface area contributed by atoms with Gasteiger partial charge >= 0.3 is 5.63 Å². The number of rotatable bonds is 1. The third kappa shape index (κ3) is 1.99. The summed E-state index contributed by atoms with van der Waals surface area (Å²) in [7, 11) is 0. The molecule has 0 fully saturated rings. The zero-order valence-corrected chi connectivity index (χ0v) is 11.1. The molecule has 0 aliphatic carbocycles. The maximum absolute atomic E-state index is 12.0. The van der Waals surface area contributed by atoms with Crippen LogP contribution in [0.15, 0.2) is 75.9 Å². The molecule has 4 rings (SSSR count). The van der Waals surface area contributed by atoms with E-state index in [0.717, 1.165) is 16.3 Å². The van der Waals surface area contributed by atoms with Gasteiger partial charge in [0.15, 0.2) is 0 Å². The van der Waals surface area contributed by atoms with Gasteiger partial charge in [0.1, 0.15) is 0 Å². The van der Waals surface area contributed by atoms with Crippen molar-refractivity contribution in [2.45, 2.75) is 0 Å². The maximum atomic E-state index is 12.0. The first kappa shape index (κ1) is 11.9. The van der Waals surface area contributed by atoms with Gasteiger partial charge in [-0.3, -0.25) is 0 Å². The summed E-state index contributed by atoms with van der Waals surface area (Å²) in [6, 6.07) is 21.2. The van der Waals surface area contributed by atoms with Gasteiger partial charge in [0.05, 0.1) is 10.9 Å². The standard InChI is InChI=1S/C18H11NO2/c20-18-15-7-3-4-8-16(15)19-17(21-18)14-10-9-12-5-1-2-6-13(12)11-14/h1-11H. The molecule has 0 spiro atoms. The molecule has 0 aliphatic rings. The summed E-state index contributed by atoms with van der Waals surface area (Å²) in [6.45, 7) is 0. The summed E-state index contributed by atoms with van der Waals surface area (Å²) in [6.07, 6.45) is 0. The zero-order chi connectivity index (χ0) is 14.2. The van der Waals surface area contributed by atoms with Gasteiger partial charge in [-0.15, -0.1) is 0 Å². The highest BCUT2D eigenvalue weighted by Crippen LogP contribution is 2.23. The molecule has 1 aromatic heterocycles. The summed E-state index contributed by atoms with van der Waals surface area (Å²) in [5, 5.41) is 2.74. The minimum atomic E-state index is -0.358. The number of hydrogen-bond acceptors (Lipinski definition) is 3. The van der Waals surface area contributed by atoms with Crippen molar-refractivity contribution < 1.29 is 4.42 Å². The van der Waals surface area contributed by atoms with Gasteiger partial charge in [-0.2, -0.15) is 0 Å². The number of aromatic nitrogens is 1. The van der Waals surface area contributed by atoms with Gasteiger partial charge in [-0.1, -0.05) is 42.5 Å². The van der Waals surface area contributed by atoms with Gasteiger partial charge in [0, 0.05) is 5.56 Å². The predicted octanol–water partition coefficient (Wildman–Crippen LogP) is 4.01. The Morgan fingerprint density at radius 2 is 1.57 bits per heavy atom. The summed E-state index contributed by atoms with van der Waals surface area (Å²) < 4.78 is 5.36. The van der Waals surface area contributed by atoms with Crippen LogP contribution in [-0.2, 0) is 0 Å². The average Bonchev–Trinajstić information content (AvgIpc) is 2.54. The van der Waals surface area contributed by atoms with Crippen LogP contribution in [0.25, 0.3) is 33.1 Å². The lowest BCUT2D eigenvalue weighted by Crippen LogP contribution is -2.02. The molecule has 0 saturated heterocycles. The van der Waals surface area contributed by atoms with Crippen molar-refractivity contribution in [3.8, 4) is 11.5 Å². The van der Waals surface area contributed by atoms with Crippen molar-refractivity contribution in [2.24, 2.45) is 0 Å². The summed E-state index contributed by atoms with van der Waals surface area (Å²) in [5.74, 6) is 0.351. The Hall–Kier alpha value is -2.94. The molecule has 0 aliphatic heterocycles. The van der Waals surface area contributed by atoms with Crippen LogP contribution in [0.1, 0.15) is 0 Å². The second-order valence-corrected chi connectivity index (χ2v) is 4.89. The zero-order valence-electron chi connectivity index (χ0n) is 11.1. The predicted molar refractivity (Wildman–Crippen MR) is 83.2 cm³/mol. The van der Waals surface area contributed by atoms with E-state index >= 15 is 0 Å². The van der Waals surface area contributed by atoms with Gasteiger partial charge in [0.2, 0.25) is 5.89 Å². The lowest BCUT2D eigenvalue weighted by Gasteiger charge is -2.03. The van der Waals surface area contributed by atoms with E-state index in [9.17, 15) is 4.79 Å². The minimum absolute atomic E-state index is 0.351. The number of para-hydroxylation sites is 1. The molecule has 4 aromatic rings. The minimum Gasteiger partial charge on any atom is -0.403 e. The Labute approximate surface area is 120 Å². The van der Waals surface area contributed by atoms with E-state index in [1.807, 2.05) is 54.6 Å². The summed E-state index contributed by atoms with van der Waals surface area (Å²) >= 11 is 0. The number of benzene rings is 3. The van der Waals surface area contributed by atoms with Crippen LogP contribution < -0.4 is 5.63 Å². The van der Waals surface area contributed by atoms with Crippen LogP contribution in [0.2, 0.25) is 0 Å². The van der Waals surface area contributed by atoms with Crippen LogP contribution >= 0.6 is 0 Å². The van der Waals surface area contributed by atoms with E-state index < -0.39 is 0 Å². The first-order valence-electron chi connectivity index (χ1n) is 6.70. The van der Waals surface area contributed by atoms with Crippen LogP contribution in [0.3, 0.4) is 0 Å². The number of nitrogens with zero attached hydrogens (tertiary/aromatic N) is 1. The molecule has 100 valence electrons. The van der Waals surface area contributed by atoms with Crippen LogP contribution in [0.5, 0.6) is 0 Å². The second kappa shape index (κ2) is 4.56. The third-order valence-corrected chi connectivity index (χ3v) is 3.53. The average molecular weight is 273 g/mol. The van der Waals surface area contributed by atoms with Crippen LogP contribution in [0, 0.1) is 0 Å². The van der Waals surface area contributed by atoms with Gasteiger partial charge < -0.3 is 4.42 Å². The molecule has 0 atom stereocenters. The van der Waals surface area contributed by atoms with E-state index in [1.54, 1.807) is 12.1 Å².